The van der Waals surface area contributed by atoms with Crippen LogP contribution in [0.25, 0.3) is 0 Å². The first-order valence-electron chi connectivity index (χ1n) is 9.56. The van der Waals surface area contributed by atoms with E-state index in [1.807, 2.05) is 0 Å². The number of nitrogens with zero attached hydrogens (tertiary/aromatic N) is 1. The summed E-state index contributed by atoms with van der Waals surface area (Å²) in [4.78, 5) is 0. The number of hydrogen-bond donors (Lipinski definition) is 0. The van der Waals surface area contributed by atoms with E-state index >= 15 is 0 Å². The lowest BCUT2D eigenvalue weighted by Gasteiger charge is -2.08. The summed E-state index contributed by atoms with van der Waals surface area (Å²) in [7, 11) is -6.09. The van der Waals surface area contributed by atoms with Crippen molar-refractivity contribution in [2.24, 2.45) is 0 Å². The summed E-state index contributed by atoms with van der Waals surface area (Å²) in [5, 5.41) is 0. The number of pyridine rings is 1. The Hall–Kier alpha value is -1.15. The van der Waals surface area contributed by atoms with Crippen molar-refractivity contribution in [1.82, 2.24) is 0 Å². The van der Waals surface area contributed by atoms with Crippen molar-refractivity contribution >= 4 is 10.1 Å². The first kappa shape index (κ1) is 25.9. The molecule has 158 valence electrons. The molecule has 0 aliphatic carbocycles. The molecule has 8 heteroatoms. The van der Waals surface area contributed by atoms with Crippen LogP contribution in [0.15, 0.2) is 24.4 Å². The predicted molar refractivity (Wildman–Crippen MR) is 99.0 cm³/mol. The van der Waals surface area contributed by atoms with Crippen LogP contribution in [0.5, 0.6) is 0 Å². The molecule has 0 atom stereocenters. The Bertz CT molecular complexity index is 604. The minimum Gasteiger partial charge on any atom is -0.741 e. The number of aromatic nitrogens is 1. The maximum Gasteiger partial charge on any atom is 0.485 e. The molecule has 0 fully saturated rings. The molecule has 0 aliphatic rings. The summed E-state index contributed by atoms with van der Waals surface area (Å²) in [6, 6.07) is 6.43. The van der Waals surface area contributed by atoms with Gasteiger partial charge in [-0.2, -0.15) is 13.2 Å². The molecular weight excluding hydrogens is 379 g/mol. The van der Waals surface area contributed by atoms with Gasteiger partial charge < -0.3 is 4.55 Å². The number of halogens is 3. The van der Waals surface area contributed by atoms with Crippen LogP contribution in [-0.4, -0.2) is 18.5 Å². The predicted octanol–water partition coefficient (Wildman–Crippen LogP) is 5.25. The highest BCUT2D eigenvalue weighted by atomic mass is 32.2. The number of alkyl halides is 3. The molecule has 1 rings (SSSR count). The lowest BCUT2D eigenvalue weighted by molar-refractivity contribution is -0.703. The van der Waals surface area contributed by atoms with Crippen LogP contribution in [0.4, 0.5) is 13.2 Å². The van der Waals surface area contributed by atoms with Crippen molar-refractivity contribution in [3.63, 3.8) is 0 Å². The smallest absolute Gasteiger partial charge is 0.485 e. The highest BCUT2D eigenvalue weighted by Crippen LogP contribution is 2.20. The van der Waals surface area contributed by atoms with Crippen LogP contribution in [0.2, 0.25) is 0 Å². The zero-order valence-corrected chi connectivity index (χ0v) is 17.1. The summed E-state index contributed by atoms with van der Waals surface area (Å²) < 4.78 is 61.3. The SMILES string of the molecule is CCCCCCCCCCCC[n+]1ccccc1C.O=S(=O)([O-])C(F)(F)F. The highest BCUT2D eigenvalue weighted by molar-refractivity contribution is 7.86. The quantitative estimate of drug-likeness (QED) is 0.216. The van der Waals surface area contributed by atoms with Gasteiger partial charge in [-0.25, -0.2) is 13.0 Å². The lowest BCUT2D eigenvalue weighted by Crippen LogP contribution is -2.36. The average Bonchev–Trinajstić information content (AvgIpc) is 2.57. The second-order valence-electron chi connectivity index (χ2n) is 6.62. The first-order chi connectivity index (χ1) is 12.6. The van der Waals surface area contributed by atoms with Gasteiger partial charge in [0.05, 0.1) is 0 Å². The first-order valence-corrected chi connectivity index (χ1v) is 11.0. The molecule has 4 nitrogen and oxygen atoms in total. The van der Waals surface area contributed by atoms with E-state index in [0.29, 0.717) is 0 Å². The molecule has 0 radical (unpaired) electrons. The Morgan fingerprint density at radius 3 is 1.78 bits per heavy atom. The van der Waals surface area contributed by atoms with Gasteiger partial charge in [0.25, 0.3) is 0 Å². The van der Waals surface area contributed by atoms with E-state index in [0.717, 1.165) is 0 Å². The Labute approximate surface area is 161 Å². The topological polar surface area (TPSA) is 61.1 Å². The second kappa shape index (κ2) is 13.9. The van der Waals surface area contributed by atoms with E-state index in [2.05, 4.69) is 42.8 Å². The number of aryl methyl sites for hydroxylation is 2. The molecule has 1 aromatic rings. The molecule has 0 saturated heterocycles. The molecule has 0 amide bonds. The van der Waals surface area contributed by atoms with E-state index in [-0.39, 0.29) is 0 Å². The molecule has 1 heterocycles. The van der Waals surface area contributed by atoms with Crippen LogP contribution in [0, 0.1) is 6.92 Å². The molecule has 0 aliphatic heterocycles. The summed E-state index contributed by atoms with van der Waals surface area (Å²) in [6.45, 7) is 5.66. The highest BCUT2D eigenvalue weighted by Gasteiger charge is 2.36. The average molecular weight is 412 g/mol. The fourth-order valence-electron chi connectivity index (χ4n) is 2.58. The zero-order valence-electron chi connectivity index (χ0n) is 16.3. The fraction of sp³-hybridized carbons (Fsp3) is 0.737. The standard InChI is InChI=1S/C18H32N.CHF3O3S/c1-3-4-5-6-7-8-9-10-11-13-16-19-17-14-12-15-18(19)2;2-1(3,4)8(5,6)7/h12,14-15,17H,3-11,13,16H2,1-2H3;(H,5,6,7)/q+1;/p-1. The normalized spacial score (nSPS) is 11.8. The Kier molecular flexibility index (Phi) is 13.3. The van der Waals surface area contributed by atoms with Crippen LogP contribution in [-0.2, 0) is 16.7 Å². The lowest BCUT2D eigenvalue weighted by atomic mass is 10.1. The van der Waals surface area contributed by atoms with Crippen molar-refractivity contribution in [1.29, 1.82) is 0 Å². The summed E-state index contributed by atoms with van der Waals surface area (Å²) in [6.07, 6.45) is 16.3. The number of rotatable bonds is 11. The van der Waals surface area contributed by atoms with E-state index in [9.17, 15) is 13.2 Å². The van der Waals surface area contributed by atoms with Gasteiger partial charge in [-0.1, -0.05) is 64.4 Å². The van der Waals surface area contributed by atoms with Gasteiger partial charge in [-0.15, -0.1) is 0 Å². The van der Waals surface area contributed by atoms with Crippen molar-refractivity contribution in [2.45, 2.75) is 90.1 Å². The van der Waals surface area contributed by atoms with Gasteiger partial charge in [0, 0.05) is 25.5 Å². The monoisotopic (exact) mass is 411 g/mol. The van der Waals surface area contributed by atoms with Gasteiger partial charge in [-0.05, 0) is 6.42 Å². The number of hydrogen-bond acceptors (Lipinski definition) is 3. The van der Waals surface area contributed by atoms with E-state index in [1.54, 1.807) is 0 Å². The van der Waals surface area contributed by atoms with Crippen molar-refractivity contribution in [2.75, 3.05) is 0 Å². The third-order valence-corrected chi connectivity index (χ3v) is 4.77. The van der Waals surface area contributed by atoms with Gasteiger partial charge in [0.2, 0.25) is 0 Å². The Morgan fingerprint density at radius 1 is 0.926 bits per heavy atom. The molecule has 0 aromatic carbocycles. The molecule has 0 spiro atoms. The van der Waals surface area contributed by atoms with Crippen LogP contribution < -0.4 is 4.57 Å². The van der Waals surface area contributed by atoms with Crippen molar-refractivity contribution in [3.8, 4) is 0 Å². The molecule has 0 unspecified atom stereocenters. The third kappa shape index (κ3) is 13.6. The molecule has 0 bridgehead atoms. The maximum absolute atomic E-state index is 10.7. The van der Waals surface area contributed by atoms with E-state index in [4.69, 9.17) is 13.0 Å². The van der Waals surface area contributed by atoms with Gasteiger partial charge in [0.1, 0.15) is 6.54 Å². The van der Waals surface area contributed by atoms with Crippen LogP contribution in [0.1, 0.15) is 76.8 Å². The summed E-state index contributed by atoms with van der Waals surface area (Å²) >= 11 is 0. The summed E-state index contributed by atoms with van der Waals surface area (Å²) in [5.41, 5.74) is -4.27. The van der Waals surface area contributed by atoms with Gasteiger partial charge >= 0.3 is 5.51 Å². The number of unbranched alkanes of at least 4 members (excludes halogenated alkanes) is 9. The van der Waals surface area contributed by atoms with E-state index < -0.39 is 15.6 Å². The molecular formula is C19H32F3NO3S. The minimum atomic E-state index is -6.09. The molecule has 1 aromatic heterocycles. The molecule has 0 N–H and O–H groups in total. The maximum atomic E-state index is 10.7. The Balaban J connectivity index is 0.000000713. The fourth-order valence-corrected chi connectivity index (χ4v) is 2.58. The van der Waals surface area contributed by atoms with Gasteiger partial charge in [-0.3, -0.25) is 0 Å². The third-order valence-electron chi connectivity index (χ3n) is 4.20. The molecule has 27 heavy (non-hydrogen) atoms. The van der Waals surface area contributed by atoms with Crippen LogP contribution in [0.3, 0.4) is 0 Å². The van der Waals surface area contributed by atoms with Crippen molar-refractivity contribution < 1.29 is 30.7 Å². The zero-order chi connectivity index (χ0) is 20.8. The van der Waals surface area contributed by atoms with Crippen LogP contribution >= 0.6 is 0 Å². The largest absolute Gasteiger partial charge is 0.741 e. The van der Waals surface area contributed by atoms with E-state index in [1.165, 1.54) is 76.4 Å². The minimum absolute atomic E-state index is 1.18. The second-order valence-corrected chi connectivity index (χ2v) is 7.99. The molecule has 0 saturated carbocycles. The summed E-state index contributed by atoms with van der Waals surface area (Å²) in [5.74, 6) is 0. The van der Waals surface area contributed by atoms with Crippen molar-refractivity contribution in [3.05, 3.63) is 30.1 Å². The van der Waals surface area contributed by atoms with Gasteiger partial charge in [0.15, 0.2) is 22.0 Å². The Morgan fingerprint density at radius 2 is 1.37 bits per heavy atom.